The van der Waals surface area contributed by atoms with Crippen molar-refractivity contribution in [3.63, 3.8) is 0 Å². The van der Waals surface area contributed by atoms with E-state index in [0.29, 0.717) is 11.6 Å². The number of methoxy groups -OCH3 is 1. The zero-order valence-corrected chi connectivity index (χ0v) is 12.8. The van der Waals surface area contributed by atoms with Crippen LogP contribution in [0.3, 0.4) is 0 Å². The van der Waals surface area contributed by atoms with Gasteiger partial charge in [-0.15, -0.1) is 0 Å². The maximum atomic E-state index is 11.4. The molecule has 0 fully saturated rings. The van der Waals surface area contributed by atoms with Gasteiger partial charge < -0.3 is 14.6 Å². The summed E-state index contributed by atoms with van der Waals surface area (Å²) in [5.41, 5.74) is 2.99. The molecule has 21 heavy (non-hydrogen) atoms. The average Bonchev–Trinajstić information content (AvgIpc) is 2.95. The number of aromatic nitrogens is 1. The van der Waals surface area contributed by atoms with E-state index in [-0.39, 0.29) is 5.97 Å². The summed E-state index contributed by atoms with van der Waals surface area (Å²) in [4.78, 5) is 11.4. The maximum Gasteiger partial charge on any atom is 0.337 e. The number of benzene rings is 1. The third-order valence-corrected chi connectivity index (χ3v) is 3.55. The lowest BCUT2D eigenvalue weighted by Crippen LogP contribution is -2.20. The highest BCUT2D eigenvalue weighted by atomic mass is 16.5. The topological polar surface area (TPSA) is 43.3 Å². The highest BCUT2D eigenvalue weighted by Crippen LogP contribution is 2.16. The predicted molar refractivity (Wildman–Crippen MR) is 83.4 cm³/mol. The molecule has 0 radical (unpaired) electrons. The Morgan fingerprint density at radius 3 is 2.62 bits per heavy atom. The molecular weight excluding hydrogens is 264 g/mol. The predicted octanol–water partition coefficient (Wildman–Crippen LogP) is 2.99. The van der Waals surface area contributed by atoms with E-state index in [4.69, 9.17) is 4.74 Å². The fourth-order valence-electron chi connectivity index (χ4n) is 2.44. The molecule has 1 aromatic heterocycles. The fraction of sp³-hybridized carbons (Fsp3) is 0.353. The van der Waals surface area contributed by atoms with Gasteiger partial charge in [0.15, 0.2) is 0 Å². The van der Waals surface area contributed by atoms with E-state index in [9.17, 15) is 4.79 Å². The standard InChI is InChI=1S/C17H22N2O2/c1-4-18-13(2)16-6-5-11-19(16)12-14-7-9-15(10-8-14)17(20)21-3/h5-11,13,18H,4,12H2,1-3H3. The molecule has 0 saturated heterocycles. The van der Waals surface area contributed by atoms with Crippen LogP contribution < -0.4 is 5.32 Å². The molecule has 2 rings (SSSR count). The summed E-state index contributed by atoms with van der Waals surface area (Å²) in [6, 6.07) is 12.1. The minimum Gasteiger partial charge on any atom is -0.465 e. The molecule has 0 saturated carbocycles. The Bertz CT molecular complexity index is 587. The number of nitrogens with one attached hydrogen (secondary N) is 1. The van der Waals surface area contributed by atoms with E-state index in [0.717, 1.165) is 18.7 Å². The third kappa shape index (κ3) is 3.73. The van der Waals surface area contributed by atoms with Crippen LogP contribution in [0, 0.1) is 0 Å². The maximum absolute atomic E-state index is 11.4. The molecule has 1 heterocycles. The van der Waals surface area contributed by atoms with Crippen molar-refractivity contribution in [1.82, 2.24) is 9.88 Å². The zero-order chi connectivity index (χ0) is 15.2. The molecule has 0 bridgehead atoms. The Morgan fingerprint density at radius 2 is 2.00 bits per heavy atom. The number of hydrogen-bond donors (Lipinski definition) is 1. The summed E-state index contributed by atoms with van der Waals surface area (Å²) in [6.07, 6.45) is 2.08. The lowest BCUT2D eigenvalue weighted by Gasteiger charge is -2.16. The van der Waals surface area contributed by atoms with Crippen LogP contribution in [-0.2, 0) is 11.3 Å². The second kappa shape index (κ2) is 7.09. The Balaban J connectivity index is 2.12. The van der Waals surface area contributed by atoms with Crippen LogP contribution in [0.4, 0.5) is 0 Å². The molecule has 4 nitrogen and oxygen atoms in total. The van der Waals surface area contributed by atoms with Crippen LogP contribution in [0.25, 0.3) is 0 Å². The SMILES string of the molecule is CCNC(C)c1cccn1Cc1ccc(C(=O)OC)cc1. The van der Waals surface area contributed by atoms with Crippen molar-refractivity contribution in [3.05, 3.63) is 59.4 Å². The Hall–Kier alpha value is -2.07. The number of ether oxygens (including phenoxy) is 1. The molecule has 0 spiro atoms. The van der Waals surface area contributed by atoms with Gasteiger partial charge in [-0.05, 0) is 43.3 Å². The molecule has 112 valence electrons. The first-order valence-corrected chi connectivity index (χ1v) is 7.21. The highest BCUT2D eigenvalue weighted by Gasteiger charge is 2.09. The number of carbonyl (C=O) groups excluding carboxylic acids is 1. The quantitative estimate of drug-likeness (QED) is 0.830. The molecular formula is C17H22N2O2. The second-order valence-corrected chi connectivity index (χ2v) is 5.03. The number of esters is 1. The van der Waals surface area contributed by atoms with Gasteiger partial charge in [0.2, 0.25) is 0 Å². The smallest absolute Gasteiger partial charge is 0.337 e. The van der Waals surface area contributed by atoms with Crippen LogP contribution in [0.15, 0.2) is 42.6 Å². The third-order valence-electron chi connectivity index (χ3n) is 3.55. The van der Waals surface area contributed by atoms with E-state index in [2.05, 4.69) is 42.1 Å². The summed E-state index contributed by atoms with van der Waals surface area (Å²) < 4.78 is 6.93. The van der Waals surface area contributed by atoms with Crippen molar-refractivity contribution in [1.29, 1.82) is 0 Å². The molecule has 1 aromatic carbocycles. The van der Waals surface area contributed by atoms with E-state index < -0.39 is 0 Å². The molecule has 1 atom stereocenters. The van der Waals surface area contributed by atoms with Gasteiger partial charge in [0, 0.05) is 24.5 Å². The number of nitrogens with zero attached hydrogens (tertiary/aromatic N) is 1. The average molecular weight is 286 g/mol. The number of rotatable bonds is 6. The summed E-state index contributed by atoms with van der Waals surface area (Å²) in [5.74, 6) is -0.302. The lowest BCUT2D eigenvalue weighted by atomic mass is 10.1. The van der Waals surface area contributed by atoms with Crippen molar-refractivity contribution in [3.8, 4) is 0 Å². The van der Waals surface area contributed by atoms with Gasteiger partial charge in [-0.3, -0.25) is 0 Å². The lowest BCUT2D eigenvalue weighted by molar-refractivity contribution is 0.0600. The van der Waals surface area contributed by atoms with E-state index >= 15 is 0 Å². The summed E-state index contributed by atoms with van der Waals surface area (Å²) in [7, 11) is 1.39. The first kappa shape index (κ1) is 15.3. The molecule has 2 aromatic rings. The van der Waals surface area contributed by atoms with Gasteiger partial charge >= 0.3 is 5.97 Å². The van der Waals surface area contributed by atoms with Gasteiger partial charge in [-0.1, -0.05) is 19.1 Å². The second-order valence-electron chi connectivity index (χ2n) is 5.03. The van der Waals surface area contributed by atoms with Crippen LogP contribution >= 0.6 is 0 Å². The van der Waals surface area contributed by atoms with E-state index in [1.165, 1.54) is 12.8 Å². The van der Waals surface area contributed by atoms with Crippen molar-refractivity contribution in [2.75, 3.05) is 13.7 Å². The summed E-state index contributed by atoms with van der Waals surface area (Å²) in [6.45, 7) is 6.00. The van der Waals surface area contributed by atoms with Crippen LogP contribution in [0.1, 0.15) is 41.5 Å². The monoisotopic (exact) mass is 286 g/mol. The minimum atomic E-state index is -0.302. The van der Waals surface area contributed by atoms with Crippen molar-refractivity contribution < 1.29 is 9.53 Å². The zero-order valence-electron chi connectivity index (χ0n) is 12.8. The first-order valence-electron chi connectivity index (χ1n) is 7.21. The summed E-state index contributed by atoms with van der Waals surface area (Å²) >= 11 is 0. The molecule has 0 aliphatic heterocycles. The molecule has 4 heteroatoms. The fourth-order valence-corrected chi connectivity index (χ4v) is 2.44. The van der Waals surface area contributed by atoms with E-state index in [1.807, 2.05) is 12.1 Å². The van der Waals surface area contributed by atoms with Crippen molar-refractivity contribution in [2.24, 2.45) is 0 Å². The Kier molecular flexibility index (Phi) is 5.17. The Morgan fingerprint density at radius 1 is 1.29 bits per heavy atom. The van der Waals surface area contributed by atoms with Crippen LogP contribution in [-0.4, -0.2) is 24.2 Å². The Labute approximate surface area is 125 Å². The normalized spacial score (nSPS) is 12.1. The van der Waals surface area contributed by atoms with E-state index in [1.54, 1.807) is 12.1 Å². The van der Waals surface area contributed by atoms with Gasteiger partial charge in [-0.25, -0.2) is 4.79 Å². The highest BCUT2D eigenvalue weighted by molar-refractivity contribution is 5.89. The van der Waals surface area contributed by atoms with Gasteiger partial charge in [0.05, 0.1) is 12.7 Å². The molecule has 1 N–H and O–H groups in total. The largest absolute Gasteiger partial charge is 0.465 e. The van der Waals surface area contributed by atoms with Crippen molar-refractivity contribution >= 4 is 5.97 Å². The summed E-state index contributed by atoms with van der Waals surface area (Å²) in [5, 5.41) is 3.42. The first-order chi connectivity index (χ1) is 10.2. The number of hydrogen-bond acceptors (Lipinski definition) is 3. The molecule has 0 aliphatic rings. The molecule has 0 aliphatic carbocycles. The van der Waals surface area contributed by atoms with Gasteiger partial charge in [0.1, 0.15) is 0 Å². The molecule has 1 unspecified atom stereocenters. The van der Waals surface area contributed by atoms with Crippen molar-refractivity contribution in [2.45, 2.75) is 26.4 Å². The molecule has 0 amide bonds. The minimum absolute atomic E-state index is 0.302. The van der Waals surface area contributed by atoms with Gasteiger partial charge in [-0.2, -0.15) is 0 Å². The van der Waals surface area contributed by atoms with Gasteiger partial charge in [0.25, 0.3) is 0 Å². The van der Waals surface area contributed by atoms with Crippen LogP contribution in [0.5, 0.6) is 0 Å². The number of carbonyl (C=O) groups is 1. The van der Waals surface area contributed by atoms with Crippen LogP contribution in [0.2, 0.25) is 0 Å².